The first-order valence-electron chi connectivity index (χ1n) is 9.80. The Morgan fingerprint density at radius 2 is 1.62 bits per heavy atom. The van der Waals surface area contributed by atoms with Gasteiger partial charge in [-0.15, -0.1) is 0 Å². The van der Waals surface area contributed by atoms with E-state index in [-0.39, 0.29) is 50.4 Å². The van der Waals surface area contributed by atoms with E-state index in [1.807, 2.05) is 0 Å². The number of rotatable bonds is 5. The van der Waals surface area contributed by atoms with Gasteiger partial charge < -0.3 is 25.4 Å². The molecule has 0 unspecified atom stereocenters. The highest BCUT2D eigenvalue weighted by molar-refractivity contribution is 6.33. The lowest BCUT2D eigenvalue weighted by Crippen LogP contribution is -2.67. The van der Waals surface area contributed by atoms with Crippen LogP contribution in [0.4, 0.5) is 27.1 Å². The van der Waals surface area contributed by atoms with Crippen LogP contribution in [0.25, 0.3) is 0 Å². The second kappa shape index (κ2) is 7.32. The molecule has 3 N–H and O–H groups in total. The highest BCUT2D eigenvalue weighted by Crippen LogP contribution is 2.40. The van der Waals surface area contributed by atoms with E-state index in [0.29, 0.717) is 26.3 Å². The quantitative estimate of drug-likeness (QED) is 0.399. The molecule has 2 aliphatic rings. The summed E-state index contributed by atoms with van der Waals surface area (Å²) < 4.78 is 18.9. The largest absolute Gasteiger partial charge is 0.505 e. The van der Waals surface area contributed by atoms with Crippen LogP contribution in [0.2, 0.25) is 5.02 Å². The molecule has 1 amide bonds. The summed E-state index contributed by atoms with van der Waals surface area (Å²) in [6.07, 6.45) is 0. The molecule has 1 spiro atoms. The molecule has 32 heavy (non-hydrogen) atoms. The zero-order chi connectivity index (χ0) is 22.6. The Morgan fingerprint density at radius 1 is 1.03 bits per heavy atom. The molecule has 0 aromatic heterocycles. The maximum Gasteiger partial charge on any atom is 0.257 e. The molecular weight excluding hydrogens is 441 g/mol. The van der Waals surface area contributed by atoms with Gasteiger partial charge in [-0.3, -0.25) is 14.4 Å². The Labute approximate surface area is 185 Å². The van der Waals surface area contributed by atoms with Crippen LogP contribution in [-0.2, 0) is 4.74 Å². The first-order valence-corrected chi connectivity index (χ1v) is 10.2. The van der Waals surface area contributed by atoms with E-state index in [1.165, 1.54) is 24.3 Å². The molecule has 2 aliphatic heterocycles. The van der Waals surface area contributed by atoms with Gasteiger partial charge in [-0.1, -0.05) is 23.7 Å². The number of phenolic OH excluding ortho intramolecular Hbond substituents is 1. The molecule has 3 aromatic carbocycles. The number of phenols is 1. The van der Waals surface area contributed by atoms with Gasteiger partial charge in [0.15, 0.2) is 5.75 Å². The fraction of sp³-hybridized carbons (Fsp3) is 0.227. The molecule has 0 aliphatic carbocycles. The summed E-state index contributed by atoms with van der Waals surface area (Å²) in [6, 6.07) is 8.53. The number of carbonyl (C=O) groups is 1. The number of anilines is 4. The average molecular weight is 458 g/mol. The minimum atomic E-state index is -0.814. The van der Waals surface area contributed by atoms with E-state index in [0.717, 1.165) is 6.07 Å². The zero-order valence-corrected chi connectivity index (χ0v) is 17.3. The maximum absolute atomic E-state index is 13.7. The number of halogens is 2. The van der Waals surface area contributed by atoms with Crippen LogP contribution in [0.3, 0.4) is 0 Å². The van der Waals surface area contributed by atoms with Crippen molar-refractivity contribution in [3.63, 3.8) is 0 Å². The number of benzene rings is 2. The van der Waals surface area contributed by atoms with Gasteiger partial charge >= 0.3 is 0 Å². The SMILES string of the molecule is O=C(c1cccc(Nc2c(Nc3cccc(F)c3Cl)c(=O)c2=O)c1O)N1CC2(COC2)C1. The van der Waals surface area contributed by atoms with Crippen LogP contribution in [0, 0.1) is 11.2 Å². The Hall–Kier alpha value is -3.43. The van der Waals surface area contributed by atoms with Crippen molar-refractivity contribution in [2.75, 3.05) is 36.9 Å². The van der Waals surface area contributed by atoms with Gasteiger partial charge in [-0.05, 0) is 24.3 Å². The van der Waals surface area contributed by atoms with E-state index in [9.17, 15) is 23.9 Å². The van der Waals surface area contributed by atoms with E-state index in [1.54, 1.807) is 11.0 Å². The molecule has 0 bridgehead atoms. The lowest BCUT2D eigenvalue weighted by molar-refractivity contribution is -0.176. The van der Waals surface area contributed by atoms with Gasteiger partial charge in [0.05, 0.1) is 40.6 Å². The van der Waals surface area contributed by atoms with E-state index < -0.39 is 16.7 Å². The number of hydrogen-bond donors (Lipinski definition) is 3. The highest BCUT2D eigenvalue weighted by Gasteiger charge is 2.51. The summed E-state index contributed by atoms with van der Waals surface area (Å²) in [5, 5.41) is 15.8. The molecule has 2 heterocycles. The van der Waals surface area contributed by atoms with E-state index in [4.69, 9.17) is 16.3 Å². The Kier molecular flexibility index (Phi) is 4.68. The van der Waals surface area contributed by atoms with Crippen LogP contribution in [0.5, 0.6) is 5.75 Å². The standard InChI is InChI=1S/C22H17ClFN3O5/c23-15-12(24)4-2-5-13(15)25-16-17(20(30)19(16)29)26-14-6-1-3-11(18(14)28)21(31)27-7-22(8-27)9-32-10-22/h1-6,25-26,28H,7-10H2. The fourth-order valence-corrected chi connectivity index (χ4v) is 4.14. The van der Waals surface area contributed by atoms with Crippen molar-refractivity contribution in [1.82, 2.24) is 4.90 Å². The minimum absolute atomic E-state index is 0.0312. The summed E-state index contributed by atoms with van der Waals surface area (Å²) in [4.78, 5) is 38.6. The Morgan fingerprint density at radius 3 is 2.25 bits per heavy atom. The highest BCUT2D eigenvalue weighted by atomic mass is 35.5. The first-order chi connectivity index (χ1) is 15.3. The van der Waals surface area contributed by atoms with Crippen LogP contribution < -0.4 is 21.5 Å². The molecule has 8 nitrogen and oxygen atoms in total. The number of nitrogens with one attached hydrogen (secondary N) is 2. The molecule has 5 rings (SSSR count). The predicted molar refractivity (Wildman–Crippen MR) is 117 cm³/mol. The summed E-state index contributed by atoms with van der Waals surface area (Å²) in [5.41, 5.74) is -1.56. The number of para-hydroxylation sites is 1. The van der Waals surface area contributed by atoms with Crippen LogP contribution in [-0.4, -0.2) is 42.2 Å². The van der Waals surface area contributed by atoms with Crippen molar-refractivity contribution < 1.29 is 19.0 Å². The maximum atomic E-state index is 13.7. The first kappa shape index (κ1) is 20.5. The Balaban J connectivity index is 1.38. The van der Waals surface area contributed by atoms with Gasteiger partial charge in [-0.25, -0.2) is 4.39 Å². The van der Waals surface area contributed by atoms with Crippen molar-refractivity contribution in [3.05, 3.63) is 73.2 Å². The van der Waals surface area contributed by atoms with Crippen LogP contribution in [0.15, 0.2) is 46.0 Å². The number of carbonyl (C=O) groups excluding carboxylic acids is 1. The van der Waals surface area contributed by atoms with Gasteiger partial charge in [0.2, 0.25) is 0 Å². The molecule has 164 valence electrons. The second-order valence-electron chi connectivity index (χ2n) is 8.12. The van der Waals surface area contributed by atoms with Gasteiger partial charge in [0.1, 0.15) is 17.2 Å². The smallest absolute Gasteiger partial charge is 0.257 e. The third-order valence-electron chi connectivity index (χ3n) is 5.80. The summed E-state index contributed by atoms with van der Waals surface area (Å²) >= 11 is 5.91. The number of likely N-dealkylation sites (tertiary alicyclic amines) is 1. The van der Waals surface area contributed by atoms with Crippen LogP contribution >= 0.6 is 11.6 Å². The van der Waals surface area contributed by atoms with E-state index >= 15 is 0 Å². The molecule has 10 heteroatoms. The molecule has 2 saturated heterocycles. The molecule has 0 radical (unpaired) electrons. The molecule has 0 saturated carbocycles. The molecular formula is C22H17ClFN3O5. The molecule has 3 aromatic rings. The number of hydrogen-bond acceptors (Lipinski definition) is 7. The summed E-state index contributed by atoms with van der Waals surface area (Å²) in [6.45, 7) is 2.37. The average Bonchev–Trinajstić information content (AvgIpc) is 2.72. The second-order valence-corrected chi connectivity index (χ2v) is 8.49. The minimum Gasteiger partial charge on any atom is -0.505 e. The van der Waals surface area contributed by atoms with Gasteiger partial charge in [-0.2, -0.15) is 0 Å². The normalized spacial score (nSPS) is 16.5. The Bertz CT molecular complexity index is 1320. The number of aromatic hydroxyl groups is 1. The van der Waals surface area contributed by atoms with Crippen molar-refractivity contribution in [2.45, 2.75) is 0 Å². The van der Waals surface area contributed by atoms with Gasteiger partial charge in [0.25, 0.3) is 16.8 Å². The van der Waals surface area contributed by atoms with E-state index in [2.05, 4.69) is 10.6 Å². The third kappa shape index (κ3) is 3.12. The summed E-state index contributed by atoms with van der Waals surface area (Å²) in [7, 11) is 0. The lowest BCUT2D eigenvalue weighted by Gasteiger charge is -2.54. The van der Waals surface area contributed by atoms with Crippen molar-refractivity contribution >= 4 is 40.3 Å². The monoisotopic (exact) mass is 457 g/mol. The van der Waals surface area contributed by atoms with Crippen molar-refractivity contribution in [2.24, 2.45) is 5.41 Å². The van der Waals surface area contributed by atoms with Crippen LogP contribution in [0.1, 0.15) is 10.4 Å². The van der Waals surface area contributed by atoms with Crippen molar-refractivity contribution in [3.8, 4) is 5.75 Å². The zero-order valence-electron chi connectivity index (χ0n) is 16.6. The number of amides is 1. The fourth-order valence-electron chi connectivity index (χ4n) is 3.97. The summed E-state index contributed by atoms with van der Waals surface area (Å²) in [5.74, 6) is -1.36. The molecule has 2 fully saturated rings. The predicted octanol–water partition coefficient (Wildman–Crippen LogP) is 2.74. The topological polar surface area (TPSA) is 108 Å². The van der Waals surface area contributed by atoms with Gasteiger partial charge in [0, 0.05) is 13.1 Å². The number of ether oxygens (including phenoxy) is 1. The lowest BCUT2D eigenvalue weighted by atomic mass is 9.77. The van der Waals surface area contributed by atoms with Crippen molar-refractivity contribution in [1.29, 1.82) is 0 Å². The number of nitrogens with zero attached hydrogens (tertiary/aromatic N) is 1. The third-order valence-corrected chi connectivity index (χ3v) is 6.19. The molecule has 0 atom stereocenters.